The van der Waals surface area contributed by atoms with E-state index in [2.05, 4.69) is 9.72 Å². The van der Waals surface area contributed by atoms with Crippen LogP contribution in [0.15, 0.2) is 46.2 Å². The summed E-state index contributed by atoms with van der Waals surface area (Å²) in [6.45, 7) is -0.476. The third kappa shape index (κ3) is 5.03. The molecule has 0 aliphatic heterocycles. The second kappa shape index (κ2) is 9.55. The summed E-state index contributed by atoms with van der Waals surface area (Å²) < 4.78 is 69.6. The molecule has 0 aliphatic carbocycles. The van der Waals surface area contributed by atoms with Gasteiger partial charge in [0.1, 0.15) is 17.3 Å². The summed E-state index contributed by atoms with van der Waals surface area (Å²) in [4.78, 5) is 40.0. The molecule has 0 saturated heterocycles. The predicted molar refractivity (Wildman–Crippen MR) is 109 cm³/mol. The van der Waals surface area contributed by atoms with E-state index in [0.717, 1.165) is 20.2 Å². The van der Waals surface area contributed by atoms with Gasteiger partial charge in [-0.1, -0.05) is 11.6 Å². The fraction of sp³-hybridized carbons (Fsp3) is 0.200. The van der Waals surface area contributed by atoms with Crippen LogP contribution in [0.2, 0.25) is 5.02 Å². The van der Waals surface area contributed by atoms with Crippen molar-refractivity contribution in [3.05, 3.63) is 74.0 Å². The number of pyridine rings is 1. The molecule has 0 aliphatic rings. The van der Waals surface area contributed by atoms with Crippen LogP contribution in [0.3, 0.4) is 0 Å². The fourth-order valence-electron chi connectivity index (χ4n) is 2.76. The van der Waals surface area contributed by atoms with Crippen LogP contribution < -0.4 is 20.7 Å². The number of esters is 1. The molecule has 0 unspecified atom stereocenters. The van der Waals surface area contributed by atoms with E-state index in [1.54, 1.807) is 0 Å². The number of benzene rings is 1. The van der Waals surface area contributed by atoms with E-state index in [4.69, 9.17) is 21.1 Å². The van der Waals surface area contributed by atoms with Crippen molar-refractivity contribution in [3.8, 4) is 22.9 Å². The van der Waals surface area contributed by atoms with Crippen LogP contribution in [0.4, 0.5) is 17.6 Å². The molecule has 34 heavy (non-hydrogen) atoms. The molecule has 0 amide bonds. The highest BCUT2D eigenvalue weighted by Crippen LogP contribution is 2.36. The Balaban J connectivity index is 2.08. The van der Waals surface area contributed by atoms with Crippen LogP contribution in [0.25, 0.3) is 5.69 Å². The summed E-state index contributed by atoms with van der Waals surface area (Å²) in [5.74, 6) is -2.22. The minimum atomic E-state index is -4.99. The van der Waals surface area contributed by atoms with Crippen molar-refractivity contribution in [1.82, 2.24) is 14.1 Å². The van der Waals surface area contributed by atoms with E-state index < -0.39 is 47.2 Å². The van der Waals surface area contributed by atoms with Crippen molar-refractivity contribution >= 4 is 17.6 Å². The molecule has 1 aromatic carbocycles. The molecule has 2 aromatic heterocycles. The van der Waals surface area contributed by atoms with Gasteiger partial charge in [-0.25, -0.2) is 18.5 Å². The van der Waals surface area contributed by atoms with Crippen molar-refractivity contribution in [1.29, 1.82) is 0 Å². The summed E-state index contributed by atoms with van der Waals surface area (Å²) in [6, 6.07) is 3.06. The summed E-state index contributed by atoms with van der Waals surface area (Å²) >= 11 is 6.02. The molecule has 14 heteroatoms. The normalized spacial score (nSPS) is 11.3. The number of halogens is 5. The van der Waals surface area contributed by atoms with Crippen LogP contribution in [0, 0.1) is 5.82 Å². The van der Waals surface area contributed by atoms with Crippen molar-refractivity contribution in [2.45, 2.75) is 6.18 Å². The van der Waals surface area contributed by atoms with Gasteiger partial charge in [0.25, 0.3) is 5.56 Å². The maximum Gasteiger partial charge on any atom is 0.431 e. The van der Waals surface area contributed by atoms with Crippen LogP contribution in [-0.2, 0) is 22.8 Å². The Labute approximate surface area is 192 Å². The molecule has 3 aromatic rings. The number of methoxy groups -OCH3 is 1. The first-order chi connectivity index (χ1) is 15.9. The molecular weight excluding hydrogens is 490 g/mol. The van der Waals surface area contributed by atoms with Crippen molar-refractivity contribution < 1.29 is 36.6 Å². The number of rotatable bonds is 6. The van der Waals surface area contributed by atoms with Gasteiger partial charge in [-0.05, 0) is 6.07 Å². The number of alkyl halides is 3. The zero-order chi connectivity index (χ0) is 25.2. The van der Waals surface area contributed by atoms with E-state index in [0.29, 0.717) is 6.07 Å². The van der Waals surface area contributed by atoms with E-state index in [-0.39, 0.29) is 37.5 Å². The molecule has 9 nitrogen and oxygen atoms in total. The molecule has 180 valence electrons. The molecule has 0 N–H and O–H groups in total. The molecule has 0 spiro atoms. The van der Waals surface area contributed by atoms with Crippen molar-refractivity contribution in [3.63, 3.8) is 0 Å². The van der Waals surface area contributed by atoms with E-state index in [1.807, 2.05) is 0 Å². The summed E-state index contributed by atoms with van der Waals surface area (Å²) in [5.41, 5.74) is -5.09. The highest BCUT2D eigenvalue weighted by Gasteiger charge is 2.35. The predicted octanol–water partition coefficient (Wildman–Crippen LogP) is 3.09. The van der Waals surface area contributed by atoms with Gasteiger partial charge in [-0.2, -0.15) is 13.2 Å². The Morgan fingerprint density at radius 3 is 2.50 bits per heavy atom. The lowest BCUT2D eigenvalue weighted by Crippen LogP contribution is -2.41. The summed E-state index contributed by atoms with van der Waals surface area (Å²) in [6.07, 6.45) is -2.49. The monoisotopic (exact) mass is 503 g/mol. The molecule has 0 fully saturated rings. The van der Waals surface area contributed by atoms with Gasteiger partial charge in [-0.3, -0.25) is 14.3 Å². The number of ether oxygens (including phenoxy) is 3. The first-order valence-electron chi connectivity index (χ1n) is 9.15. The SMILES string of the molecule is COC(=O)COc1ccncc1Oc1cc(-n2c(=O)cc(C(F)(F)F)n(C)c2=O)c(F)cc1Cl. The number of hydrogen-bond acceptors (Lipinski definition) is 7. The van der Waals surface area contributed by atoms with Crippen LogP contribution in [-0.4, -0.2) is 33.8 Å². The minimum absolute atomic E-state index is 0.0185. The topological polar surface area (TPSA) is 102 Å². The zero-order valence-corrected chi connectivity index (χ0v) is 18.1. The Bertz CT molecular complexity index is 1370. The van der Waals surface area contributed by atoms with Crippen LogP contribution in [0.5, 0.6) is 17.2 Å². The highest BCUT2D eigenvalue weighted by atomic mass is 35.5. The standard InChI is InChI=1S/C20H14ClF4N3O6/c1-27-16(20(23,24)25)7-17(29)28(19(27)31)12-6-14(10(21)5-11(12)22)34-15-8-26-4-3-13(15)33-9-18(30)32-2/h3-8H,9H2,1-2H3. The Kier molecular flexibility index (Phi) is 6.96. The maximum atomic E-state index is 14.7. The van der Waals surface area contributed by atoms with Gasteiger partial charge < -0.3 is 14.2 Å². The van der Waals surface area contributed by atoms with Gasteiger partial charge in [0.15, 0.2) is 18.1 Å². The van der Waals surface area contributed by atoms with E-state index >= 15 is 0 Å². The Morgan fingerprint density at radius 2 is 1.85 bits per heavy atom. The van der Waals surface area contributed by atoms with Gasteiger partial charge in [0, 0.05) is 31.4 Å². The lowest BCUT2D eigenvalue weighted by molar-refractivity contribution is -0.144. The van der Waals surface area contributed by atoms with Crippen molar-refractivity contribution in [2.24, 2.45) is 7.05 Å². The lowest BCUT2D eigenvalue weighted by Gasteiger charge is -2.16. The minimum Gasteiger partial charge on any atom is -0.478 e. The molecule has 3 rings (SSSR count). The third-order valence-electron chi connectivity index (χ3n) is 4.39. The van der Waals surface area contributed by atoms with E-state index in [1.165, 1.54) is 18.5 Å². The Morgan fingerprint density at radius 1 is 1.15 bits per heavy atom. The third-order valence-corrected chi connectivity index (χ3v) is 4.69. The summed E-state index contributed by atoms with van der Waals surface area (Å²) in [7, 11) is 1.94. The number of nitrogens with zero attached hydrogens (tertiary/aromatic N) is 3. The number of carbonyl (C=O) groups excluding carboxylic acids is 1. The van der Waals surface area contributed by atoms with Crippen LogP contribution >= 0.6 is 11.6 Å². The number of carbonyl (C=O) groups is 1. The highest BCUT2D eigenvalue weighted by molar-refractivity contribution is 6.32. The fourth-order valence-corrected chi connectivity index (χ4v) is 2.95. The van der Waals surface area contributed by atoms with Gasteiger partial charge in [-0.15, -0.1) is 0 Å². The first kappa shape index (κ1) is 24.8. The number of aromatic nitrogens is 3. The lowest BCUT2D eigenvalue weighted by atomic mass is 10.2. The first-order valence-corrected chi connectivity index (χ1v) is 9.53. The average molecular weight is 504 g/mol. The second-order valence-corrected chi connectivity index (χ2v) is 6.97. The van der Waals surface area contributed by atoms with Gasteiger partial charge >= 0.3 is 17.8 Å². The van der Waals surface area contributed by atoms with Crippen LogP contribution in [0.1, 0.15) is 5.69 Å². The smallest absolute Gasteiger partial charge is 0.431 e. The van der Waals surface area contributed by atoms with E-state index in [9.17, 15) is 31.9 Å². The van der Waals surface area contributed by atoms with Crippen molar-refractivity contribution in [2.75, 3.05) is 13.7 Å². The maximum absolute atomic E-state index is 14.7. The largest absolute Gasteiger partial charge is 0.478 e. The molecule has 0 atom stereocenters. The molecule has 0 bridgehead atoms. The van der Waals surface area contributed by atoms with Gasteiger partial charge in [0.05, 0.1) is 24.0 Å². The average Bonchev–Trinajstić information content (AvgIpc) is 2.77. The molecular formula is C20H14ClF4N3O6. The zero-order valence-electron chi connectivity index (χ0n) is 17.4. The Hall–Kier alpha value is -3.87. The van der Waals surface area contributed by atoms with Gasteiger partial charge in [0.2, 0.25) is 0 Å². The second-order valence-electron chi connectivity index (χ2n) is 6.57. The number of hydrogen-bond donors (Lipinski definition) is 0. The molecule has 0 radical (unpaired) electrons. The molecule has 0 saturated carbocycles. The summed E-state index contributed by atoms with van der Waals surface area (Å²) in [5, 5.41) is -0.305. The molecule has 2 heterocycles. The quantitative estimate of drug-likeness (QED) is 0.376.